The SMILES string of the molecule is Cc1nc2ccccc2n1CC(=O)OCC(=O)Nc1ccc(S(=O)(=O)N2CCCCC2)cc1. The highest BCUT2D eigenvalue weighted by atomic mass is 32.2. The number of para-hydroxylation sites is 2. The number of sulfonamides is 1. The number of fused-ring (bicyclic) bond motifs is 1. The quantitative estimate of drug-likeness (QED) is 0.532. The average molecular weight is 471 g/mol. The van der Waals surface area contributed by atoms with Gasteiger partial charge < -0.3 is 14.6 Å². The van der Waals surface area contributed by atoms with Gasteiger partial charge in [-0.3, -0.25) is 9.59 Å². The summed E-state index contributed by atoms with van der Waals surface area (Å²) in [6.07, 6.45) is 2.77. The summed E-state index contributed by atoms with van der Waals surface area (Å²) in [4.78, 5) is 29.0. The van der Waals surface area contributed by atoms with E-state index in [1.807, 2.05) is 24.3 Å². The third-order valence-corrected chi connectivity index (χ3v) is 7.50. The molecule has 1 saturated heterocycles. The number of ether oxygens (including phenoxy) is 1. The zero-order valence-electron chi connectivity index (χ0n) is 18.4. The second kappa shape index (κ2) is 9.72. The third-order valence-electron chi connectivity index (χ3n) is 5.59. The van der Waals surface area contributed by atoms with E-state index >= 15 is 0 Å². The van der Waals surface area contributed by atoms with E-state index in [1.165, 1.54) is 28.6 Å². The Balaban J connectivity index is 1.30. The molecule has 0 spiro atoms. The van der Waals surface area contributed by atoms with Crippen LogP contribution in [-0.2, 0) is 30.9 Å². The minimum absolute atomic E-state index is 0.0529. The molecule has 3 aromatic rings. The van der Waals surface area contributed by atoms with E-state index in [2.05, 4.69) is 10.3 Å². The Morgan fingerprint density at radius 2 is 1.73 bits per heavy atom. The van der Waals surface area contributed by atoms with Gasteiger partial charge in [-0.25, -0.2) is 13.4 Å². The second-order valence-corrected chi connectivity index (χ2v) is 9.87. The van der Waals surface area contributed by atoms with Gasteiger partial charge in [0.25, 0.3) is 5.91 Å². The van der Waals surface area contributed by atoms with Crippen molar-refractivity contribution in [2.45, 2.75) is 37.6 Å². The number of imidazole rings is 1. The second-order valence-electron chi connectivity index (χ2n) is 7.93. The van der Waals surface area contributed by atoms with Crippen molar-refractivity contribution in [1.82, 2.24) is 13.9 Å². The molecule has 1 amide bonds. The van der Waals surface area contributed by atoms with Crippen molar-refractivity contribution in [3.05, 3.63) is 54.4 Å². The Morgan fingerprint density at radius 3 is 2.45 bits per heavy atom. The van der Waals surface area contributed by atoms with Crippen molar-refractivity contribution in [2.24, 2.45) is 0 Å². The smallest absolute Gasteiger partial charge is 0.326 e. The van der Waals surface area contributed by atoms with Gasteiger partial charge in [0.15, 0.2) is 6.61 Å². The third kappa shape index (κ3) is 5.23. The number of aryl methyl sites for hydroxylation is 1. The fourth-order valence-electron chi connectivity index (χ4n) is 3.88. The summed E-state index contributed by atoms with van der Waals surface area (Å²) in [6, 6.07) is 13.5. The van der Waals surface area contributed by atoms with Gasteiger partial charge in [-0.05, 0) is 56.2 Å². The number of rotatable bonds is 7. The number of piperidine rings is 1. The zero-order chi connectivity index (χ0) is 23.4. The van der Waals surface area contributed by atoms with Crippen molar-refractivity contribution in [3.8, 4) is 0 Å². The summed E-state index contributed by atoms with van der Waals surface area (Å²) in [5.41, 5.74) is 2.02. The molecule has 1 aliphatic heterocycles. The number of aromatic nitrogens is 2. The van der Waals surface area contributed by atoms with Gasteiger partial charge in [0.2, 0.25) is 10.0 Å². The van der Waals surface area contributed by atoms with Crippen molar-refractivity contribution < 1.29 is 22.7 Å². The molecule has 10 heteroatoms. The molecule has 1 fully saturated rings. The number of hydrogen-bond donors (Lipinski definition) is 1. The van der Waals surface area contributed by atoms with Crippen molar-refractivity contribution >= 4 is 38.6 Å². The van der Waals surface area contributed by atoms with Crippen LogP contribution in [-0.4, -0.2) is 53.8 Å². The number of nitrogens with one attached hydrogen (secondary N) is 1. The largest absolute Gasteiger partial charge is 0.454 e. The highest BCUT2D eigenvalue weighted by Gasteiger charge is 2.25. The molecule has 9 nitrogen and oxygen atoms in total. The lowest BCUT2D eigenvalue weighted by Crippen LogP contribution is -2.35. The van der Waals surface area contributed by atoms with Crippen LogP contribution in [0.5, 0.6) is 0 Å². The Morgan fingerprint density at radius 1 is 1.03 bits per heavy atom. The zero-order valence-corrected chi connectivity index (χ0v) is 19.2. The first-order chi connectivity index (χ1) is 15.8. The Hall–Kier alpha value is -3.24. The molecular weight excluding hydrogens is 444 g/mol. The Bertz CT molecular complexity index is 1260. The lowest BCUT2D eigenvalue weighted by atomic mass is 10.2. The number of amides is 1. The molecule has 33 heavy (non-hydrogen) atoms. The number of hydrogen-bond acceptors (Lipinski definition) is 6. The van der Waals surface area contributed by atoms with Crippen molar-refractivity contribution in [3.63, 3.8) is 0 Å². The number of benzene rings is 2. The molecule has 0 atom stereocenters. The first-order valence-electron chi connectivity index (χ1n) is 10.8. The highest BCUT2D eigenvalue weighted by molar-refractivity contribution is 7.89. The molecule has 0 bridgehead atoms. The van der Waals surface area contributed by atoms with Crippen LogP contribution in [0.25, 0.3) is 11.0 Å². The number of carbonyl (C=O) groups is 2. The lowest BCUT2D eigenvalue weighted by Gasteiger charge is -2.25. The van der Waals surface area contributed by atoms with Crippen molar-refractivity contribution in [1.29, 1.82) is 0 Å². The molecule has 1 aromatic heterocycles. The molecule has 2 heterocycles. The summed E-state index contributed by atoms with van der Waals surface area (Å²) in [6.45, 7) is 2.36. The van der Waals surface area contributed by atoms with E-state index < -0.39 is 28.5 Å². The van der Waals surface area contributed by atoms with Crippen LogP contribution in [0.4, 0.5) is 5.69 Å². The minimum atomic E-state index is -3.53. The van der Waals surface area contributed by atoms with E-state index in [4.69, 9.17) is 4.74 Å². The van der Waals surface area contributed by atoms with Gasteiger partial charge >= 0.3 is 5.97 Å². The van der Waals surface area contributed by atoms with E-state index in [-0.39, 0.29) is 11.4 Å². The highest BCUT2D eigenvalue weighted by Crippen LogP contribution is 2.22. The maximum Gasteiger partial charge on any atom is 0.326 e. The molecular formula is C23H26N4O5S. The summed E-state index contributed by atoms with van der Waals surface area (Å²) in [5.74, 6) is -0.390. The molecule has 174 valence electrons. The Kier molecular flexibility index (Phi) is 6.75. The summed E-state index contributed by atoms with van der Waals surface area (Å²) in [7, 11) is -3.53. The van der Waals surface area contributed by atoms with Crippen LogP contribution < -0.4 is 5.32 Å². The van der Waals surface area contributed by atoms with Gasteiger partial charge in [-0.2, -0.15) is 4.31 Å². The first-order valence-corrected chi connectivity index (χ1v) is 12.3. The number of esters is 1. The standard InChI is InChI=1S/C23H26N4O5S/c1-17-24-20-7-3-4-8-21(20)27(17)15-23(29)32-16-22(28)25-18-9-11-19(12-10-18)33(30,31)26-13-5-2-6-14-26/h3-4,7-12H,2,5-6,13-16H2,1H3,(H,25,28). The van der Waals surface area contributed by atoms with E-state index in [0.717, 1.165) is 30.3 Å². The van der Waals surface area contributed by atoms with Gasteiger partial charge in [0, 0.05) is 18.8 Å². The van der Waals surface area contributed by atoms with E-state index in [0.29, 0.717) is 24.6 Å². The number of carbonyl (C=O) groups excluding carboxylic acids is 2. The molecule has 4 rings (SSSR count). The maximum atomic E-state index is 12.7. The normalized spacial score (nSPS) is 14.8. The fourth-order valence-corrected chi connectivity index (χ4v) is 5.40. The van der Waals surface area contributed by atoms with Crippen LogP contribution in [0.2, 0.25) is 0 Å². The summed E-state index contributed by atoms with van der Waals surface area (Å²) in [5, 5.41) is 2.61. The summed E-state index contributed by atoms with van der Waals surface area (Å²) >= 11 is 0. The molecule has 0 unspecified atom stereocenters. The van der Waals surface area contributed by atoms with E-state index in [9.17, 15) is 18.0 Å². The first kappa shape index (κ1) is 22.9. The van der Waals surface area contributed by atoms with Crippen LogP contribution in [0.15, 0.2) is 53.4 Å². The van der Waals surface area contributed by atoms with Crippen molar-refractivity contribution in [2.75, 3.05) is 25.0 Å². The van der Waals surface area contributed by atoms with E-state index in [1.54, 1.807) is 11.5 Å². The predicted octanol–water partition coefficient (Wildman–Crippen LogP) is 2.70. The van der Waals surface area contributed by atoms with Crippen LogP contribution in [0.1, 0.15) is 25.1 Å². The predicted molar refractivity (Wildman–Crippen MR) is 123 cm³/mol. The van der Waals surface area contributed by atoms with Crippen LogP contribution >= 0.6 is 0 Å². The number of anilines is 1. The monoisotopic (exact) mass is 470 g/mol. The molecule has 1 N–H and O–H groups in total. The average Bonchev–Trinajstić information content (AvgIpc) is 3.13. The fraction of sp³-hybridized carbons (Fsp3) is 0.348. The molecule has 0 radical (unpaired) electrons. The Labute approximate surface area is 192 Å². The molecule has 0 saturated carbocycles. The summed E-state index contributed by atoms with van der Waals surface area (Å²) < 4.78 is 33.8. The van der Waals surface area contributed by atoms with Gasteiger partial charge in [-0.1, -0.05) is 18.6 Å². The topological polar surface area (TPSA) is 111 Å². The minimum Gasteiger partial charge on any atom is -0.454 e. The molecule has 2 aromatic carbocycles. The van der Waals surface area contributed by atoms with Gasteiger partial charge in [-0.15, -0.1) is 0 Å². The van der Waals surface area contributed by atoms with Gasteiger partial charge in [0.1, 0.15) is 12.4 Å². The molecule has 0 aliphatic carbocycles. The van der Waals surface area contributed by atoms with Crippen LogP contribution in [0.3, 0.4) is 0 Å². The molecule has 1 aliphatic rings. The maximum absolute atomic E-state index is 12.7. The van der Waals surface area contributed by atoms with Crippen LogP contribution in [0, 0.1) is 6.92 Å². The van der Waals surface area contributed by atoms with Gasteiger partial charge in [0.05, 0.1) is 15.9 Å². The number of nitrogens with zero attached hydrogens (tertiary/aromatic N) is 3. The lowest BCUT2D eigenvalue weighted by molar-refractivity contribution is -0.147.